The van der Waals surface area contributed by atoms with Crippen LogP contribution < -0.4 is 9.46 Å². The first-order valence-electron chi connectivity index (χ1n) is 10.7. The molecule has 1 atom stereocenters. The lowest BCUT2D eigenvalue weighted by molar-refractivity contribution is -0.129. The van der Waals surface area contributed by atoms with Crippen molar-refractivity contribution in [1.82, 2.24) is 19.7 Å². The van der Waals surface area contributed by atoms with Crippen LogP contribution in [-0.2, 0) is 19.6 Å². The average molecular weight is 501 g/mol. The highest BCUT2D eigenvalue weighted by atomic mass is 32.2. The number of rotatable bonds is 7. The Kier molecular flexibility index (Phi) is 6.65. The molecule has 13 heteroatoms. The summed E-state index contributed by atoms with van der Waals surface area (Å²) in [4.78, 5) is 18.6. The number of hydrogen-bond donors (Lipinski definition) is 2. The zero-order valence-electron chi connectivity index (χ0n) is 19.3. The van der Waals surface area contributed by atoms with Crippen LogP contribution in [0.2, 0.25) is 0 Å². The summed E-state index contributed by atoms with van der Waals surface area (Å²) < 4.78 is 40.5. The Morgan fingerprint density at radius 3 is 2.63 bits per heavy atom. The van der Waals surface area contributed by atoms with Crippen molar-refractivity contribution in [3.05, 3.63) is 41.6 Å². The lowest BCUT2D eigenvalue weighted by Crippen LogP contribution is -2.42. The third-order valence-corrected chi connectivity index (χ3v) is 7.18. The predicted octanol–water partition coefficient (Wildman–Crippen LogP) is 1.44. The number of aromatic nitrogens is 3. The van der Waals surface area contributed by atoms with Crippen molar-refractivity contribution in [2.45, 2.75) is 25.0 Å². The fourth-order valence-corrected chi connectivity index (χ4v) is 4.68. The van der Waals surface area contributed by atoms with Gasteiger partial charge in [-0.05, 0) is 37.6 Å². The van der Waals surface area contributed by atoms with Gasteiger partial charge in [0.1, 0.15) is 17.2 Å². The summed E-state index contributed by atoms with van der Waals surface area (Å²) in [5.41, 5.74) is 5.71. The first-order chi connectivity index (χ1) is 16.8. The monoisotopic (exact) mass is 500 g/mol. The zero-order valence-corrected chi connectivity index (χ0v) is 20.2. The Morgan fingerprint density at radius 2 is 1.94 bits per heavy atom. The van der Waals surface area contributed by atoms with Crippen molar-refractivity contribution in [3.8, 4) is 17.2 Å². The SMILES string of the molecule is COC1=NC(c2nnc(NS(=O)(=O)[C@H](C)C(=O)N3CCCC3)n2-c2c(O)cccc2OC)=C=C=C1. The van der Waals surface area contributed by atoms with E-state index in [0.717, 1.165) is 12.8 Å². The van der Waals surface area contributed by atoms with Crippen molar-refractivity contribution in [2.24, 2.45) is 4.99 Å². The summed E-state index contributed by atoms with van der Waals surface area (Å²) in [6, 6.07) is 4.53. The van der Waals surface area contributed by atoms with Gasteiger partial charge in [-0.25, -0.2) is 13.4 Å². The average Bonchev–Trinajstić information content (AvgIpc) is 3.53. The molecule has 1 aromatic heterocycles. The van der Waals surface area contributed by atoms with E-state index in [9.17, 15) is 18.3 Å². The molecule has 1 aromatic carbocycles. The molecule has 4 rings (SSSR count). The maximum Gasteiger partial charge on any atom is 0.246 e. The number of sulfonamides is 1. The van der Waals surface area contributed by atoms with Gasteiger partial charge in [0.05, 0.1) is 20.3 Å². The Labute approximate surface area is 201 Å². The summed E-state index contributed by atoms with van der Waals surface area (Å²) in [6.45, 7) is 2.35. The molecule has 2 aliphatic heterocycles. The predicted molar refractivity (Wildman–Crippen MR) is 127 cm³/mol. The third-order valence-electron chi connectivity index (χ3n) is 5.58. The van der Waals surface area contributed by atoms with E-state index in [0.29, 0.717) is 13.1 Å². The fraction of sp³-hybridized carbons (Fsp3) is 0.364. The summed E-state index contributed by atoms with van der Waals surface area (Å²) in [6.07, 6.45) is 3.12. The van der Waals surface area contributed by atoms with E-state index < -0.39 is 21.2 Å². The Balaban J connectivity index is 1.82. The summed E-state index contributed by atoms with van der Waals surface area (Å²) >= 11 is 0. The number of anilines is 1. The van der Waals surface area contributed by atoms with Gasteiger partial charge in [-0.3, -0.25) is 14.1 Å². The largest absolute Gasteiger partial charge is 0.506 e. The molecule has 1 saturated heterocycles. The van der Waals surface area contributed by atoms with Gasteiger partial charge in [0.25, 0.3) is 0 Å². The van der Waals surface area contributed by atoms with Crippen LogP contribution in [-0.4, -0.2) is 77.6 Å². The lowest BCUT2D eigenvalue weighted by Gasteiger charge is -2.21. The van der Waals surface area contributed by atoms with E-state index in [-0.39, 0.29) is 40.6 Å². The Hall–Kier alpha value is -4.05. The minimum absolute atomic E-state index is 0.0242. The molecular weight excluding hydrogens is 476 g/mol. The second kappa shape index (κ2) is 9.67. The van der Waals surface area contributed by atoms with Crippen LogP contribution in [0, 0.1) is 0 Å². The third kappa shape index (κ3) is 4.65. The number of carbonyl (C=O) groups is 1. The number of likely N-dealkylation sites (tertiary alicyclic amines) is 1. The Bertz CT molecular complexity index is 1390. The maximum atomic E-state index is 13.2. The molecule has 0 bridgehead atoms. The number of hydrogen-bond acceptors (Lipinski definition) is 9. The van der Waals surface area contributed by atoms with Crippen LogP contribution in [0.5, 0.6) is 11.5 Å². The molecule has 0 unspecified atom stereocenters. The molecule has 2 aromatic rings. The maximum absolute atomic E-state index is 13.2. The molecule has 35 heavy (non-hydrogen) atoms. The van der Waals surface area contributed by atoms with Gasteiger partial charge in [-0.2, -0.15) is 0 Å². The molecule has 2 aliphatic rings. The molecule has 0 saturated carbocycles. The molecule has 1 amide bonds. The first-order valence-corrected chi connectivity index (χ1v) is 12.3. The van der Waals surface area contributed by atoms with Gasteiger partial charge >= 0.3 is 0 Å². The molecule has 184 valence electrons. The number of phenolic OH excluding ortho intramolecular Hbond substituents is 1. The van der Waals surface area contributed by atoms with Crippen molar-refractivity contribution >= 4 is 33.5 Å². The second-order valence-electron chi connectivity index (χ2n) is 7.75. The van der Waals surface area contributed by atoms with Crippen LogP contribution >= 0.6 is 0 Å². The van der Waals surface area contributed by atoms with Crippen LogP contribution in [0.15, 0.2) is 40.7 Å². The molecule has 1 fully saturated rings. The number of aliphatic imine (C=N–C) groups is 1. The van der Waals surface area contributed by atoms with Crippen LogP contribution in [0.3, 0.4) is 0 Å². The number of nitrogens with one attached hydrogen (secondary N) is 1. The van der Waals surface area contributed by atoms with Gasteiger partial charge in [0.2, 0.25) is 27.8 Å². The standard InChI is InChI=1S/C22H24N6O6S/c1-14(21(30)27-12-4-5-13-27)35(31,32)26-22-25-24-20(15-8-6-11-18(23-15)34-3)28(22)19-16(29)9-7-10-17(19)33-2/h7,9-11,14,29H,4-5,12-13H2,1-3H3,(H,25,26)/t14-/m1/s1. The molecule has 0 spiro atoms. The highest BCUT2D eigenvalue weighted by Crippen LogP contribution is 2.36. The second-order valence-corrected chi connectivity index (χ2v) is 9.75. The fourth-order valence-electron chi connectivity index (χ4n) is 3.71. The number of para-hydroxylation sites is 1. The van der Waals surface area contributed by atoms with Gasteiger partial charge < -0.3 is 19.5 Å². The van der Waals surface area contributed by atoms with Crippen LogP contribution in [0.25, 0.3) is 11.4 Å². The van der Waals surface area contributed by atoms with Gasteiger partial charge in [0, 0.05) is 13.1 Å². The summed E-state index contributed by atoms with van der Waals surface area (Å²) in [5.74, 6) is -0.572. The number of aromatic hydroxyl groups is 1. The van der Waals surface area contributed by atoms with Crippen molar-refractivity contribution in [3.63, 3.8) is 0 Å². The Morgan fingerprint density at radius 1 is 1.20 bits per heavy atom. The number of phenols is 1. The molecule has 0 aliphatic carbocycles. The van der Waals surface area contributed by atoms with Crippen LogP contribution in [0.4, 0.5) is 5.95 Å². The lowest BCUT2D eigenvalue weighted by atomic mass is 10.2. The number of nitrogens with zero attached hydrogens (tertiary/aromatic N) is 5. The molecule has 0 radical (unpaired) electrons. The topological polar surface area (TPSA) is 148 Å². The molecule has 12 nitrogen and oxygen atoms in total. The minimum Gasteiger partial charge on any atom is -0.506 e. The van der Waals surface area contributed by atoms with Crippen molar-refractivity contribution in [2.75, 3.05) is 32.0 Å². The number of amides is 1. The van der Waals surface area contributed by atoms with Gasteiger partial charge in [-0.1, -0.05) is 11.8 Å². The van der Waals surface area contributed by atoms with Crippen molar-refractivity contribution < 1.29 is 27.8 Å². The number of methoxy groups -OCH3 is 2. The quantitative estimate of drug-likeness (QED) is 0.543. The number of carbonyl (C=O) groups excluding carboxylic acids is 1. The van der Waals surface area contributed by atoms with E-state index in [2.05, 4.69) is 31.4 Å². The van der Waals surface area contributed by atoms with E-state index in [1.165, 1.54) is 42.8 Å². The smallest absolute Gasteiger partial charge is 0.246 e. The molecule has 3 heterocycles. The number of benzene rings is 1. The van der Waals surface area contributed by atoms with E-state index in [1.807, 2.05) is 0 Å². The summed E-state index contributed by atoms with van der Waals surface area (Å²) in [5, 5.41) is 17.4. The van der Waals surface area contributed by atoms with E-state index in [1.54, 1.807) is 12.1 Å². The highest BCUT2D eigenvalue weighted by Gasteiger charge is 2.35. The number of ether oxygens (including phenoxy) is 2. The van der Waals surface area contributed by atoms with Gasteiger partial charge in [0.15, 0.2) is 16.8 Å². The van der Waals surface area contributed by atoms with Gasteiger partial charge in [-0.15, -0.1) is 10.2 Å². The molecule has 2 N–H and O–H groups in total. The zero-order chi connectivity index (χ0) is 25.2. The summed E-state index contributed by atoms with van der Waals surface area (Å²) in [7, 11) is -1.42. The highest BCUT2D eigenvalue weighted by molar-refractivity contribution is 7.94. The van der Waals surface area contributed by atoms with Crippen LogP contribution in [0.1, 0.15) is 25.6 Å². The first kappa shape index (κ1) is 24.1. The van der Waals surface area contributed by atoms with E-state index >= 15 is 0 Å². The normalized spacial score (nSPS) is 16.0. The van der Waals surface area contributed by atoms with E-state index in [4.69, 9.17) is 9.47 Å². The minimum atomic E-state index is -4.24. The van der Waals surface area contributed by atoms with Crippen molar-refractivity contribution in [1.29, 1.82) is 0 Å². The molecular formula is C22H24N6O6S.